The summed E-state index contributed by atoms with van der Waals surface area (Å²) in [6.07, 6.45) is 2.83. The van der Waals surface area contributed by atoms with Gasteiger partial charge in [0, 0.05) is 12.3 Å². The van der Waals surface area contributed by atoms with Gasteiger partial charge in [-0.15, -0.1) is 0 Å². The summed E-state index contributed by atoms with van der Waals surface area (Å²) in [6, 6.07) is 5.05. The number of ether oxygens (including phenoxy) is 3. The Balaban J connectivity index is 2.21. The molecule has 28 heavy (non-hydrogen) atoms. The van der Waals surface area contributed by atoms with Gasteiger partial charge >= 0.3 is 5.97 Å². The van der Waals surface area contributed by atoms with Gasteiger partial charge in [0.25, 0.3) is 5.91 Å². The maximum absolute atomic E-state index is 12.9. The lowest BCUT2D eigenvalue weighted by Gasteiger charge is -2.28. The number of rotatable bonds is 11. The molecule has 0 heterocycles. The molecule has 0 saturated heterocycles. The Morgan fingerprint density at radius 2 is 1.96 bits per heavy atom. The fourth-order valence-electron chi connectivity index (χ4n) is 2.93. The first-order chi connectivity index (χ1) is 13.3. The van der Waals surface area contributed by atoms with Gasteiger partial charge in [0.2, 0.25) is 0 Å². The number of nitrogens with one attached hydrogen (secondary N) is 1. The first-order valence-corrected chi connectivity index (χ1v) is 10.2. The van der Waals surface area contributed by atoms with E-state index in [9.17, 15) is 9.59 Å². The number of hydrogen-bond donors (Lipinski definition) is 1. The summed E-state index contributed by atoms with van der Waals surface area (Å²) < 4.78 is 16.8. The fourth-order valence-corrected chi connectivity index (χ4v) is 2.93. The van der Waals surface area contributed by atoms with E-state index in [0.717, 1.165) is 19.3 Å². The van der Waals surface area contributed by atoms with Gasteiger partial charge in [-0.3, -0.25) is 4.79 Å². The minimum absolute atomic E-state index is 0.186. The molecule has 2 rings (SSSR count). The molecule has 6 nitrogen and oxygen atoms in total. The summed E-state index contributed by atoms with van der Waals surface area (Å²) in [6.45, 7) is 11.0. The maximum Gasteiger partial charge on any atom is 0.341 e. The van der Waals surface area contributed by atoms with Gasteiger partial charge in [-0.25, -0.2) is 4.79 Å². The van der Waals surface area contributed by atoms with Crippen LogP contribution in [0.5, 0.6) is 5.75 Å². The smallest absolute Gasteiger partial charge is 0.341 e. The van der Waals surface area contributed by atoms with Crippen molar-refractivity contribution in [1.29, 1.82) is 0 Å². The van der Waals surface area contributed by atoms with Crippen LogP contribution in [0, 0.1) is 11.8 Å². The Hall–Kier alpha value is -2.08. The highest BCUT2D eigenvalue weighted by Crippen LogP contribution is 2.42. The molecule has 6 heteroatoms. The quantitative estimate of drug-likeness (QED) is 0.565. The van der Waals surface area contributed by atoms with E-state index in [0.29, 0.717) is 36.1 Å². The molecule has 1 N–H and O–H groups in total. The molecule has 1 amide bonds. The minimum Gasteiger partial charge on any atom is -0.492 e. The van der Waals surface area contributed by atoms with Crippen molar-refractivity contribution in [1.82, 2.24) is 0 Å². The van der Waals surface area contributed by atoms with Crippen LogP contribution in [-0.4, -0.2) is 37.3 Å². The minimum atomic E-state index is -0.854. The molecule has 1 saturated carbocycles. The third kappa shape index (κ3) is 5.71. The molecule has 1 aromatic rings. The second-order valence-corrected chi connectivity index (χ2v) is 7.82. The molecule has 156 valence electrons. The van der Waals surface area contributed by atoms with Crippen LogP contribution in [0.1, 0.15) is 64.2 Å². The second-order valence-electron chi connectivity index (χ2n) is 7.82. The Labute approximate surface area is 167 Å². The van der Waals surface area contributed by atoms with Crippen LogP contribution in [0.25, 0.3) is 0 Å². The fraction of sp³-hybridized carbons (Fsp3) is 0.636. The zero-order chi connectivity index (χ0) is 20.7. The van der Waals surface area contributed by atoms with Crippen LogP contribution in [0.3, 0.4) is 0 Å². The van der Waals surface area contributed by atoms with Crippen LogP contribution in [0.15, 0.2) is 18.2 Å². The molecular weight excluding hydrogens is 358 g/mol. The summed E-state index contributed by atoms with van der Waals surface area (Å²) in [7, 11) is 0. The summed E-state index contributed by atoms with van der Waals surface area (Å²) >= 11 is 0. The number of hydrogen-bond acceptors (Lipinski definition) is 5. The summed E-state index contributed by atoms with van der Waals surface area (Å²) in [4.78, 5) is 25.3. The molecular formula is C22H33NO5. The van der Waals surface area contributed by atoms with Crippen molar-refractivity contribution >= 4 is 17.6 Å². The van der Waals surface area contributed by atoms with Crippen molar-refractivity contribution in [3.63, 3.8) is 0 Å². The lowest BCUT2D eigenvalue weighted by atomic mass is 9.98. The highest BCUT2D eigenvalue weighted by atomic mass is 16.5. The van der Waals surface area contributed by atoms with Crippen molar-refractivity contribution in [2.45, 2.75) is 59.5 Å². The van der Waals surface area contributed by atoms with Crippen molar-refractivity contribution in [2.24, 2.45) is 11.8 Å². The van der Waals surface area contributed by atoms with Crippen LogP contribution >= 0.6 is 0 Å². The predicted molar refractivity (Wildman–Crippen MR) is 109 cm³/mol. The molecule has 1 aliphatic rings. The molecule has 0 aliphatic heterocycles. The maximum atomic E-state index is 12.9. The zero-order valence-corrected chi connectivity index (χ0v) is 17.7. The van der Waals surface area contributed by atoms with Crippen molar-refractivity contribution in [3.8, 4) is 5.75 Å². The summed E-state index contributed by atoms with van der Waals surface area (Å²) in [5.74, 6) is 0.359. The van der Waals surface area contributed by atoms with Crippen molar-refractivity contribution in [2.75, 3.05) is 25.1 Å². The largest absolute Gasteiger partial charge is 0.492 e. The van der Waals surface area contributed by atoms with Gasteiger partial charge in [0.15, 0.2) is 0 Å². The molecule has 0 spiro atoms. The Morgan fingerprint density at radius 1 is 1.25 bits per heavy atom. The average molecular weight is 392 g/mol. The van der Waals surface area contributed by atoms with Gasteiger partial charge in [-0.1, -0.05) is 20.8 Å². The molecule has 0 bridgehead atoms. The van der Waals surface area contributed by atoms with Gasteiger partial charge in [-0.2, -0.15) is 0 Å². The molecule has 0 radical (unpaired) electrons. The number of amides is 1. The van der Waals surface area contributed by atoms with Gasteiger partial charge < -0.3 is 19.5 Å². The van der Waals surface area contributed by atoms with E-state index in [1.807, 2.05) is 27.7 Å². The van der Waals surface area contributed by atoms with Gasteiger partial charge in [0.1, 0.15) is 16.9 Å². The van der Waals surface area contributed by atoms with E-state index in [2.05, 4.69) is 5.32 Å². The Morgan fingerprint density at radius 3 is 2.54 bits per heavy atom. The molecule has 1 aliphatic carbocycles. The lowest BCUT2D eigenvalue weighted by Crippen LogP contribution is -2.45. The van der Waals surface area contributed by atoms with E-state index in [4.69, 9.17) is 14.2 Å². The monoisotopic (exact) mass is 391 g/mol. The SMILES string of the molecule is CCCOC(C)(C(=O)Nc1ccc(OCC(C)C)c(C(=O)OCC)c1)C1CC1. The normalized spacial score (nSPS) is 15.8. The van der Waals surface area contributed by atoms with Crippen molar-refractivity contribution in [3.05, 3.63) is 23.8 Å². The average Bonchev–Trinajstić information content (AvgIpc) is 3.50. The molecule has 1 atom stereocenters. The lowest BCUT2D eigenvalue weighted by molar-refractivity contribution is -0.142. The third-order valence-corrected chi connectivity index (χ3v) is 4.72. The first kappa shape index (κ1) is 22.2. The van der Waals surface area contributed by atoms with E-state index in [1.165, 1.54) is 0 Å². The molecule has 1 fully saturated rings. The number of carbonyl (C=O) groups is 2. The number of benzene rings is 1. The number of anilines is 1. The zero-order valence-electron chi connectivity index (χ0n) is 17.7. The molecule has 1 unspecified atom stereocenters. The summed E-state index contributed by atoms with van der Waals surface area (Å²) in [5, 5.41) is 2.91. The van der Waals surface area contributed by atoms with E-state index in [-0.39, 0.29) is 18.4 Å². The number of esters is 1. The van der Waals surface area contributed by atoms with Crippen LogP contribution in [-0.2, 0) is 14.3 Å². The second kappa shape index (κ2) is 9.92. The van der Waals surface area contributed by atoms with Crippen LogP contribution < -0.4 is 10.1 Å². The molecule has 1 aromatic carbocycles. The van der Waals surface area contributed by atoms with E-state index >= 15 is 0 Å². The van der Waals surface area contributed by atoms with Crippen LogP contribution in [0.2, 0.25) is 0 Å². The summed E-state index contributed by atoms with van der Waals surface area (Å²) in [5.41, 5.74) is -0.0211. The third-order valence-electron chi connectivity index (χ3n) is 4.72. The standard InChI is InChI=1S/C22H33NO5/c1-6-12-28-22(5,16-8-9-16)21(25)23-17-10-11-19(27-14-15(3)4)18(13-17)20(24)26-7-2/h10-11,13,15-16H,6-9,12,14H2,1-5H3,(H,23,25). The van der Waals surface area contributed by atoms with Gasteiger partial charge in [-0.05, 0) is 63.1 Å². The Kier molecular flexibility index (Phi) is 7.87. The van der Waals surface area contributed by atoms with E-state index < -0.39 is 11.6 Å². The first-order valence-electron chi connectivity index (χ1n) is 10.2. The van der Waals surface area contributed by atoms with Gasteiger partial charge in [0.05, 0.1) is 13.2 Å². The highest BCUT2D eigenvalue weighted by Gasteiger charge is 2.48. The van der Waals surface area contributed by atoms with Crippen LogP contribution in [0.4, 0.5) is 5.69 Å². The topological polar surface area (TPSA) is 73.9 Å². The predicted octanol–water partition coefficient (Wildman–Crippen LogP) is 4.43. The number of carbonyl (C=O) groups excluding carboxylic acids is 2. The van der Waals surface area contributed by atoms with E-state index in [1.54, 1.807) is 25.1 Å². The highest BCUT2D eigenvalue weighted by molar-refractivity contribution is 6.00. The van der Waals surface area contributed by atoms with Crippen molar-refractivity contribution < 1.29 is 23.8 Å². The molecule has 0 aromatic heterocycles. The Bertz CT molecular complexity index is 684.